The Morgan fingerprint density at radius 1 is 1.54 bits per heavy atom. The normalized spacial score (nSPS) is 19.2. The van der Waals surface area contributed by atoms with E-state index in [1.165, 1.54) is 31.0 Å². The molecule has 0 aromatic rings. The molecule has 0 unspecified atom stereocenters. The molecule has 4 nitrogen and oxygen atoms in total. The Bertz CT molecular complexity index is 212. The third-order valence-corrected chi connectivity index (χ3v) is 2.39. The lowest BCUT2D eigenvalue weighted by Gasteiger charge is -2.02. The second-order valence-corrected chi connectivity index (χ2v) is 3.73. The zero-order valence-electron chi connectivity index (χ0n) is 7.92. The van der Waals surface area contributed by atoms with Crippen LogP contribution in [0.25, 0.3) is 0 Å². The molecule has 0 aromatic heterocycles. The number of rotatable bonds is 1. The number of aliphatic imine (C=N–C) groups is 1. The minimum atomic E-state index is 0.548. The summed E-state index contributed by atoms with van der Waals surface area (Å²) < 4.78 is 0. The molecule has 0 aromatic carbocycles. The predicted molar refractivity (Wildman–Crippen MR) is 59.0 cm³/mol. The molecule has 0 amide bonds. The molecule has 1 aliphatic rings. The maximum absolute atomic E-state index is 5.52. The van der Waals surface area contributed by atoms with Crippen molar-refractivity contribution in [3.8, 4) is 0 Å². The van der Waals surface area contributed by atoms with Gasteiger partial charge in [-0.3, -0.25) is 10.4 Å². The van der Waals surface area contributed by atoms with Gasteiger partial charge in [-0.15, -0.1) is 5.10 Å². The van der Waals surface area contributed by atoms with Gasteiger partial charge in [0.1, 0.15) is 5.84 Å². The van der Waals surface area contributed by atoms with E-state index in [1.807, 2.05) is 6.26 Å². The van der Waals surface area contributed by atoms with Gasteiger partial charge in [0, 0.05) is 13.0 Å². The molecule has 0 atom stereocenters. The summed E-state index contributed by atoms with van der Waals surface area (Å²) in [6, 6.07) is 0. The Kier molecular flexibility index (Phi) is 4.67. The van der Waals surface area contributed by atoms with Crippen molar-refractivity contribution in [1.82, 2.24) is 5.43 Å². The zero-order valence-corrected chi connectivity index (χ0v) is 8.73. The average Bonchev–Trinajstić information content (AvgIpc) is 2.42. The van der Waals surface area contributed by atoms with Gasteiger partial charge in [0.2, 0.25) is 0 Å². The first-order valence-electron chi connectivity index (χ1n) is 4.49. The first-order valence-corrected chi connectivity index (χ1v) is 5.72. The molecule has 0 bridgehead atoms. The average molecular weight is 200 g/mol. The van der Waals surface area contributed by atoms with Crippen molar-refractivity contribution < 1.29 is 0 Å². The zero-order chi connectivity index (χ0) is 9.52. The van der Waals surface area contributed by atoms with Crippen LogP contribution in [-0.4, -0.2) is 23.8 Å². The summed E-state index contributed by atoms with van der Waals surface area (Å²) in [6.07, 6.45) is 6.53. The van der Waals surface area contributed by atoms with E-state index < -0.39 is 0 Å². The summed E-state index contributed by atoms with van der Waals surface area (Å²) in [4.78, 5) is 4.36. The lowest BCUT2D eigenvalue weighted by Crippen LogP contribution is -2.21. The maximum Gasteiger partial charge on any atom is 0.177 e. The van der Waals surface area contributed by atoms with Crippen LogP contribution >= 0.6 is 11.8 Å². The van der Waals surface area contributed by atoms with Crippen LogP contribution < -0.4 is 11.2 Å². The van der Waals surface area contributed by atoms with E-state index in [-0.39, 0.29) is 0 Å². The van der Waals surface area contributed by atoms with Gasteiger partial charge < -0.3 is 5.73 Å². The molecule has 5 heteroatoms. The smallest absolute Gasteiger partial charge is 0.177 e. The van der Waals surface area contributed by atoms with Crippen LogP contribution in [0.15, 0.2) is 10.1 Å². The number of hydrogen-bond acceptors (Lipinski definition) is 4. The van der Waals surface area contributed by atoms with Crippen molar-refractivity contribution in [2.75, 3.05) is 12.8 Å². The van der Waals surface area contributed by atoms with Gasteiger partial charge in [-0.2, -0.15) is 0 Å². The maximum atomic E-state index is 5.52. The van der Waals surface area contributed by atoms with Crippen molar-refractivity contribution in [1.29, 1.82) is 0 Å². The molecule has 0 aliphatic carbocycles. The molecule has 3 N–H and O–H groups in total. The molecule has 13 heavy (non-hydrogen) atoms. The quantitative estimate of drug-likeness (QED) is 0.379. The predicted octanol–water partition coefficient (Wildman–Crippen LogP) is 1.14. The van der Waals surface area contributed by atoms with E-state index in [0.717, 1.165) is 18.8 Å². The lowest BCUT2D eigenvalue weighted by molar-refractivity contribution is 0.729. The van der Waals surface area contributed by atoms with Crippen LogP contribution in [0, 0.1) is 0 Å². The minimum Gasteiger partial charge on any atom is -0.377 e. The highest BCUT2D eigenvalue weighted by molar-refractivity contribution is 8.13. The third kappa shape index (κ3) is 4.17. The first-order chi connectivity index (χ1) is 6.33. The molecule has 0 radical (unpaired) electrons. The summed E-state index contributed by atoms with van der Waals surface area (Å²) >= 11 is 1.43. The number of hydrazone groups is 1. The van der Waals surface area contributed by atoms with Crippen LogP contribution in [0.5, 0.6) is 0 Å². The Hall–Kier alpha value is -0.710. The van der Waals surface area contributed by atoms with Crippen molar-refractivity contribution >= 4 is 22.8 Å². The fourth-order valence-corrected chi connectivity index (χ4v) is 1.27. The van der Waals surface area contributed by atoms with Crippen LogP contribution in [0.4, 0.5) is 0 Å². The molecule has 0 saturated heterocycles. The van der Waals surface area contributed by atoms with Gasteiger partial charge in [-0.1, -0.05) is 18.2 Å². The van der Waals surface area contributed by atoms with Gasteiger partial charge >= 0.3 is 0 Å². The standard InChI is InChI=1S/C8H16N4S/c1-13-8(9)12-11-7-5-3-2-4-6-10-7/h2-6H2,1H3,(H2,9,12)(H,10,11). The molecule has 0 fully saturated rings. The highest BCUT2D eigenvalue weighted by Crippen LogP contribution is 2.05. The van der Waals surface area contributed by atoms with Crippen molar-refractivity contribution in [2.24, 2.45) is 15.8 Å². The SMILES string of the molecule is CS/C(N)=N\NC1=NCCCCC1. The lowest BCUT2D eigenvalue weighted by atomic mass is 10.2. The van der Waals surface area contributed by atoms with Gasteiger partial charge in [0.05, 0.1) is 0 Å². The van der Waals surface area contributed by atoms with E-state index in [2.05, 4.69) is 15.5 Å². The summed E-state index contributed by atoms with van der Waals surface area (Å²) in [6.45, 7) is 0.914. The van der Waals surface area contributed by atoms with Gasteiger partial charge in [-0.05, 0) is 19.1 Å². The largest absolute Gasteiger partial charge is 0.377 e. The van der Waals surface area contributed by atoms with Crippen molar-refractivity contribution in [2.45, 2.75) is 25.7 Å². The number of thioether (sulfide) groups is 1. The van der Waals surface area contributed by atoms with Crippen LogP contribution in [0.2, 0.25) is 0 Å². The molecule has 1 rings (SSSR count). The van der Waals surface area contributed by atoms with Gasteiger partial charge in [0.15, 0.2) is 5.17 Å². The molecular weight excluding hydrogens is 184 g/mol. The van der Waals surface area contributed by atoms with Crippen LogP contribution in [0.3, 0.4) is 0 Å². The van der Waals surface area contributed by atoms with E-state index in [4.69, 9.17) is 5.73 Å². The third-order valence-electron chi connectivity index (χ3n) is 1.88. The molecule has 74 valence electrons. The topological polar surface area (TPSA) is 62.8 Å². The number of amidine groups is 2. The molecular formula is C8H16N4S. The summed E-state index contributed by atoms with van der Waals surface area (Å²) in [5, 5.41) is 4.53. The fourth-order valence-electron chi connectivity index (χ4n) is 1.13. The second kappa shape index (κ2) is 5.85. The van der Waals surface area contributed by atoms with Crippen LogP contribution in [0.1, 0.15) is 25.7 Å². The van der Waals surface area contributed by atoms with E-state index in [0.29, 0.717) is 5.17 Å². The molecule has 0 spiro atoms. The minimum absolute atomic E-state index is 0.548. The number of nitrogens with zero attached hydrogens (tertiary/aromatic N) is 2. The van der Waals surface area contributed by atoms with E-state index in [1.54, 1.807) is 0 Å². The van der Waals surface area contributed by atoms with E-state index >= 15 is 0 Å². The highest BCUT2D eigenvalue weighted by Gasteiger charge is 2.02. The Morgan fingerprint density at radius 3 is 3.15 bits per heavy atom. The van der Waals surface area contributed by atoms with E-state index in [9.17, 15) is 0 Å². The Balaban J connectivity index is 2.38. The number of nitrogens with one attached hydrogen (secondary N) is 1. The Labute approximate surface area is 83.1 Å². The summed E-state index contributed by atoms with van der Waals surface area (Å²) in [5.74, 6) is 0.967. The monoisotopic (exact) mass is 200 g/mol. The number of hydrogen-bond donors (Lipinski definition) is 2. The molecule has 1 heterocycles. The molecule has 1 aliphatic heterocycles. The highest BCUT2D eigenvalue weighted by atomic mass is 32.2. The fraction of sp³-hybridized carbons (Fsp3) is 0.750. The van der Waals surface area contributed by atoms with Gasteiger partial charge in [0.25, 0.3) is 0 Å². The van der Waals surface area contributed by atoms with Crippen molar-refractivity contribution in [3.63, 3.8) is 0 Å². The number of nitrogens with two attached hydrogens (primary N) is 1. The van der Waals surface area contributed by atoms with Crippen LogP contribution in [-0.2, 0) is 0 Å². The van der Waals surface area contributed by atoms with Crippen molar-refractivity contribution in [3.05, 3.63) is 0 Å². The molecule has 0 saturated carbocycles. The summed E-state index contributed by atoms with van der Waals surface area (Å²) in [7, 11) is 0. The first kappa shape index (κ1) is 10.4. The Morgan fingerprint density at radius 2 is 2.38 bits per heavy atom. The second-order valence-electron chi connectivity index (χ2n) is 2.91. The summed E-state index contributed by atoms with van der Waals surface area (Å²) in [5.41, 5.74) is 8.43. The van der Waals surface area contributed by atoms with Gasteiger partial charge in [-0.25, -0.2) is 0 Å².